The number of carbonyl (C=O) groups is 2. The minimum atomic E-state index is -0.189. The molecule has 0 aliphatic carbocycles. The number of nitrogens with one attached hydrogen (secondary N) is 2. The van der Waals surface area contributed by atoms with Crippen LogP contribution in [0.25, 0.3) is 0 Å². The van der Waals surface area contributed by atoms with Gasteiger partial charge in [0.05, 0.1) is 5.56 Å². The summed E-state index contributed by atoms with van der Waals surface area (Å²) in [6, 6.07) is 18.3. The number of rotatable bonds is 7. The summed E-state index contributed by atoms with van der Waals surface area (Å²) in [5, 5.41) is 5.79. The second-order valence-electron chi connectivity index (χ2n) is 7.27. The van der Waals surface area contributed by atoms with Gasteiger partial charge in [-0.3, -0.25) is 14.6 Å². The van der Waals surface area contributed by atoms with E-state index in [-0.39, 0.29) is 11.8 Å². The van der Waals surface area contributed by atoms with E-state index in [9.17, 15) is 9.59 Å². The van der Waals surface area contributed by atoms with Crippen molar-refractivity contribution in [3.05, 3.63) is 89.2 Å². The maximum absolute atomic E-state index is 12.7. The molecule has 6 nitrogen and oxygen atoms in total. The summed E-state index contributed by atoms with van der Waals surface area (Å²) in [6.07, 6.45) is 2.41. The first-order valence-corrected chi connectivity index (χ1v) is 9.81. The zero-order valence-electron chi connectivity index (χ0n) is 17.5. The molecular weight excluding hydrogens is 376 g/mol. The molecule has 154 valence electrons. The highest BCUT2D eigenvalue weighted by Gasteiger charge is 2.14. The van der Waals surface area contributed by atoms with Gasteiger partial charge in [-0.1, -0.05) is 12.1 Å². The molecule has 0 bridgehead atoms. The molecule has 3 rings (SSSR count). The average Bonchev–Trinajstić information content (AvgIpc) is 2.74. The largest absolute Gasteiger partial charge is 0.377 e. The maximum atomic E-state index is 12.7. The standard InChI is InChI=1S/C24H26N4O2/c1-17-7-12-21(22(16-17)28(2)3)24(30)27-20-10-8-18(9-11-20)23(29)26-15-13-19-6-4-5-14-25-19/h4-12,14,16H,13,15H2,1-3H3,(H,26,29)(H,27,30). The van der Waals surface area contributed by atoms with Crippen LogP contribution in [0.5, 0.6) is 0 Å². The predicted octanol–water partition coefficient (Wildman–Crippen LogP) is 3.68. The Morgan fingerprint density at radius 2 is 1.73 bits per heavy atom. The fraction of sp³-hybridized carbons (Fsp3) is 0.208. The summed E-state index contributed by atoms with van der Waals surface area (Å²) in [5.41, 5.74) is 4.66. The topological polar surface area (TPSA) is 74.3 Å². The first-order chi connectivity index (χ1) is 14.4. The van der Waals surface area contributed by atoms with Gasteiger partial charge in [0.1, 0.15) is 0 Å². The zero-order chi connectivity index (χ0) is 21.5. The highest BCUT2D eigenvalue weighted by molar-refractivity contribution is 6.08. The number of amides is 2. The number of benzene rings is 2. The van der Waals surface area contributed by atoms with E-state index in [1.54, 1.807) is 30.5 Å². The van der Waals surface area contributed by atoms with Gasteiger partial charge >= 0.3 is 0 Å². The van der Waals surface area contributed by atoms with E-state index in [0.29, 0.717) is 29.8 Å². The van der Waals surface area contributed by atoms with E-state index < -0.39 is 0 Å². The Labute approximate surface area is 177 Å². The molecular formula is C24H26N4O2. The van der Waals surface area contributed by atoms with Crippen molar-refractivity contribution in [2.24, 2.45) is 0 Å². The van der Waals surface area contributed by atoms with E-state index >= 15 is 0 Å². The average molecular weight is 402 g/mol. The molecule has 1 heterocycles. The highest BCUT2D eigenvalue weighted by atomic mass is 16.2. The van der Waals surface area contributed by atoms with Gasteiger partial charge in [0.15, 0.2) is 0 Å². The van der Waals surface area contributed by atoms with Gasteiger partial charge in [-0.05, 0) is 61.0 Å². The fourth-order valence-corrected chi connectivity index (χ4v) is 3.06. The van der Waals surface area contributed by atoms with Gasteiger partial charge in [-0.15, -0.1) is 0 Å². The molecule has 1 aromatic heterocycles. The van der Waals surface area contributed by atoms with Crippen LogP contribution in [0.15, 0.2) is 66.9 Å². The Bertz CT molecular complexity index is 1020. The minimum absolute atomic E-state index is 0.155. The quantitative estimate of drug-likeness (QED) is 0.632. The van der Waals surface area contributed by atoms with Crippen LogP contribution in [0.1, 0.15) is 32.0 Å². The fourth-order valence-electron chi connectivity index (χ4n) is 3.06. The molecule has 2 amide bonds. The molecule has 0 unspecified atom stereocenters. The van der Waals surface area contributed by atoms with E-state index in [4.69, 9.17) is 0 Å². The first kappa shape index (κ1) is 21.0. The summed E-state index contributed by atoms with van der Waals surface area (Å²) in [6.45, 7) is 2.50. The van der Waals surface area contributed by atoms with Gasteiger partial charge in [-0.25, -0.2) is 0 Å². The second kappa shape index (κ2) is 9.69. The van der Waals surface area contributed by atoms with Crippen LogP contribution < -0.4 is 15.5 Å². The normalized spacial score (nSPS) is 10.4. The summed E-state index contributed by atoms with van der Waals surface area (Å²) in [7, 11) is 3.82. The number of aryl methyl sites for hydroxylation is 1. The van der Waals surface area contributed by atoms with Crippen molar-refractivity contribution in [2.45, 2.75) is 13.3 Å². The lowest BCUT2D eigenvalue weighted by Crippen LogP contribution is -2.25. The van der Waals surface area contributed by atoms with Crippen molar-refractivity contribution in [3.8, 4) is 0 Å². The lowest BCUT2D eigenvalue weighted by atomic mass is 10.1. The Kier molecular flexibility index (Phi) is 6.80. The van der Waals surface area contributed by atoms with Gasteiger partial charge in [-0.2, -0.15) is 0 Å². The number of aromatic nitrogens is 1. The summed E-state index contributed by atoms with van der Waals surface area (Å²) >= 11 is 0. The molecule has 0 saturated carbocycles. The molecule has 2 aromatic carbocycles. The number of hydrogen-bond donors (Lipinski definition) is 2. The number of pyridine rings is 1. The smallest absolute Gasteiger partial charge is 0.257 e. The van der Waals surface area contributed by atoms with Crippen molar-refractivity contribution in [2.75, 3.05) is 30.9 Å². The van der Waals surface area contributed by atoms with Crippen LogP contribution >= 0.6 is 0 Å². The molecule has 6 heteroatoms. The Hall–Kier alpha value is -3.67. The van der Waals surface area contributed by atoms with Gasteiger partial charge < -0.3 is 15.5 Å². The second-order valence-corrected chi connectivity index (χ2v) is 7.27. The van der Waals surface area contributed by atoms with E-state index in [1.165, 1.54) is 0 Å². The van der Waals surface area contributed by atoms with Crippen LogP contribution in [-0.2, 0) is 6.42 Å². The third-order valence-electron chi connectivity index (χ3n) is 4.68. The maximum Gasteiger partial charge on any atom is 0.257 e. The van der Waals surface area contributed by atoms with Crippen LogP contribution in [-0.4, -0.2) is 37.4 Å². The van der Waals surface area contributed by atoms with Crippen LogP contribution in [0.4, 0.5) is 11.4 Å². The van der Waals surface area contributed by atoms with Crippen molar-refractivity contribution in [1.29, 1.82) is 0 Å². The third kappa shape index (κ3) is 5.44. The number of carbonyl (C=O) groups excluding carboxylic acids is 2. The summed E-state index contributed by atoms with van der Waals surface area (Å²) < 4.78 is 0. The van der Waals surface area contributed by atoms with Crippen molar-refractivity contribution < 1.29 is 9.59 Å². The molecule has 0 fully saturated rings. The van der Waals surface area contributed by atoms with Gasteiger partial charge in [0, 0.05) is 55.9 Å². The SMILES string of the molecule is Cc1ccc(C(=O)Nc2ccc(C(=O)NCCc3ccccn3)cc2)c(N(C)C)c1. The zero-order valence-corrected chi connectivity index (χ0v) is 17.5. The Balaban J connectivity index is 1.59. The molecule has 0 atom stereocenters. The van der Waals surface area contributed by atoms with E-state index in [2.05, 4.69) is 15.6 Å². The predicted molar refractivity (Wildman–Crippen MR) is 120 cm³/mol. The molecule has 0 aliphatic heterocycles. The van der Waals surface area contributed by atoms with E-state index in [0.717, 1.165) is 16.9 Å². The van der Waals surface area contributed by atoms with E-state index in [1.807, 2.05) is 62.3 Å². The van der Waals surface area contributed by atoms with Crippen LogP contribution in [0, 0.1) is 6.92 Å². The van der Waals surface area contributed by atoms with Crippen molar-refractivity contribution in [3.63, 3.8) is 0 Å². The molecule has 3 aromatic rings. The lowest BCUT2D eigenvalue weighted by molar-refractivity contribution is 0.0953. The van der Waals surface area contributed by atoms with Gasteiger partial charge in [0.2, 0.25) is 0 Å². The number of hydrogen-bond acceptors (Lipinski definition) is 4. The Morgan fingerprint density at radius 3 is 2.40 bits per heavy atom. The lowest BCUT2D eigenvalue weighted by Gasteiger charge is -2.18. The third-order valence-corrected chi connectivity index (χ3v) is 4.68. The number of nitrogens with zero attached hydrogens (tertiary/aromatic N) is 2. The molecule has 30 heavy (non-hydrogen) atoms. The molecule has 0 spiro atoms. The van der Waals surface area contributed by atoms with Crippen LogP contribution in [0.2, 0.25) is 0 Å². The highest BCUT2D eigenvalue weighted by Crippen LogP contribution is 2.22. The molecule has 0 radical (unpaired) electrons. The summed E-state index contributed by atoms with van der Waals surface area (Å²) in [5.74, 6) is -0.344. The monoisotopic (exact) mass is 402 g/mol. The van der Waals surface area contributed by atoms with Crippen LogP contribution in [0.3, 0.4) is 0 Å². The first-order valence-electron chi connectivity index (χ1n) is 9.81. The number of anilines is 2. The summed E-state index contributed by atoms with van der Waals surface area (Å²) in [4.78, 5) is 31.2. The Morgan fingerprint density at radius 1 is 0.967 bits per heavy atom. The van der Waals surface area contributed by atoms with Gasteiger partial charge in [0.25, 0.3) is 11.8 Å². The van der Waals surface area contributed by atoms with Crippen molar-refractivity contribution >= 4 is 23.2 Å². The molecule has 0 saturated heterocycles. The molecule has 2 N–H and O–H groups in total. The van der Waals surface area contributed by atoms with Crippen molar-refractivity contribution in [1.82, 2.24) is 10.3 Å². The molecule has 0 aliphatic rings. The minimum Gasteiger partial charge on any atom is -0.377 e.